The van der Waals surface area contributed by atoms with E-state index in [2.05, 4.69) is 10.4 Å². The number of aliphatic carboxylic acids is 1. The zero-order valence-electron chi connectivity index (χ0n) is 13.2. The van der Waals surface area contributed by atoms with Crippen LogP contribution in [0.4, 0.5) is 0 Å². The Kier molecular flexibility index (Phi) is 4.48. The maximum absolute atomic E-state index is 12.6. The SMILES string of the molecule is COc1ccccc1-n1cc(C(=O)N2CCNC(C(=O)O)C2)cn1. The van der Waals surface area contributed by atoms with Gasteiger partial charge in [-0.1, -0.05) is 12.1 Å². The number of carboxylic acids is 1. The van der Waals surface area contributed by atoms with Crippen molar-refractivity contribution >= 4 is 11.9 Å². The number of piperazine rings is 1. The molecule has 1 amide bonds. The Morgan fingerprint density at radius 1 is 1.38 bits per heavy atom. The van der Waals surface area contributed by atoms with E-state index in [-0.39, 0.29) is 12.5 Å². The molecule has 1 aliphatic rings. The quantitative estimate of drug-likeness (QED) is 0.841. The van der Waals surface area contributed by atoms with Gasteiger partial charge in [0.25, 0.3) is 5.91 Å². The molecule has 8 heteroatoms. The van der Waals surface area contributed by atoms with Crippen molar-refractivity contribution in [1.29, 1.82) is 0 Å². The lowest BCUT2D eigenvalue weighted by Crippen LogP contribution is -2.55. The Balaban J connectivity index is 1.80. The summed E-state index contributed by atoms with van der Waals surface area (Å²) in [5, 5.41) is 16.2. The van der Waals surface area contributed by atoms with Crippen LogP contribution in [-0.4, -0.2) is 64.4 Å². The van der Waals surface area contributed by atoms with Crippen LogP contribution in [0, 0.1) is 0 Å². The fraction of sp³-hybridized carbons (Fsp3) is 0.312. The van der Waals surface area contributed by atoms with Crippen molar-refractivity contribution in [1.82, 2.24) is 20.0 Å². The number of aromatic nitrogens is 2. The first-order valence-electron chi connectivity index (χ1n) is 7.53. The lowest BCUT2D eigenvalue weighted by Gasteiger charge is -2.31. The summed E-state index contributed by atoms with van der Waals surface area (Å²) in [7, 11) is 1.57. The molecular formula is C16H18N4O4. The van der Waals surface area contributed by atoms with Crippen LogP contribution < -0.4 is 10.1 Å². The van der Waals surface area contributed by atoms with Crippen molar-refractivity contribution in [2.45, 2.75) is 6.04 Å². The van der Waals surface area contributed by atoms with Crippen LogP contribution in [-0.2, 0) is 4.79 Å². The number of methoxy groups -OCH3 is 1. The van der Waals surface area contributed by atoms with Gasteiger partial charge in [-0.05, 0) is 12.1 Å². The van der Waals surface area contributed by atoms with Crippen LogP contribution >= 0.6 is 0 Å². The average Bonchev–Trinajstić information content (AvgIpc) is 3.11. The predicted molar refractivity (Wildman–Crippen MR) is 85.4 cm³/mol. The van der Waals surface area contributed by atoms with Gasteiger partial charge in [-0.2, -0.15) is 5.10 Å². The van der Waals surface area contributed by atoms with Crippen molar-refractivity contribution < 1.29 is 19.4 Å². The molecule has 0 spiro atoms. The van der Waals surface area contributed by atoms with E-state index < -0.39 is 12.0 Å². The van der Waals surface area contributed by atoms with Gasteiger partial charge in [-0.25, -0.2) is 4.68 Å². The van der Waals surface area contributed by atoms with Crippen molar-refractivity contribution in [3.05, 3.63) is 42.2 Å². The van der Waals surface area contributed by atoms with Crippen LogP contribution in [0.25, 0.3) is 5.69 Å². The number of rotatable bonds is 4. The standard InChI is InChI=1S/C16H18N4O4/c1-24-14-5-3-2-4-13(14)20-9-11(8-18-20)15(21)19-7-6-17-12(10-19)16(22)23/h2-5,8-9,12,17H,6-7,10H2,1H3,(H,22,23). The number of para-hydroxylation sites is 2. The minimum Gasteiger partial charge on any atom is -0.494 e. The number of benzene rings is 1. The number of carbonyl (C=O) groups excluding carboxylic acids is 1. The maximum atomic E-state index is 12.6. The van der Waals surface area contributed by atoms with Crippen molar-refractivity contribution in [2.24, 2.45) is 0 Å². The van der Waals surface area contributed by atoms with Crippen molar-refractivity contribution in [2.75, 3.05) is 26.7 Å². The highest BCUT2D eigenvalue weighted by Gasteiger charge is 2.28. The molecule has 3 rings (SSSR count). The van der Waals surface area contributed by atoms with Gasteiger partial charge in [-0.15, -0.1) is 0 Å². The summed E-state index contributed by atoms with van der Waals surface area (Å²) in [6.07, 6.45) is 3.10. The number of hydrogen-bond acceptors (Lipinski definition) is 5. The molecule has 1 aliphatic heterocycles. The molecule has 0 radical (unpaired) electrons. The van der Waals surface area contributed by atoms with E-state index in [0.717, 1.165) is 5.69 Å². The normalized spacial score (nSPS) is 17.5. The molecule has 2 N–H and O–H groups in total. The molecule has 1 atom stereocenters. The first-order valence-corrected chi connectivity index (χ1v) is 7.53. The molecule has 1 unspecified atom stereocenters. The molecule has 0 bridgehead atoms. The number of nitrogens with zero attached hydrogens (tertiary/aromatic N) is 3. The second-order valence-corrected chi connectivity index (χ2v) is 5.44. The van der Waals surface area contributed by atoms with Gasteiger partial charge >= 0.3 is 5.97 Å². The molecule has 1 aromatic carbocycles. The van der Waals surface area contributed by atoms with Crippen molar-refractivity contribution in [3.8, 4) is 11.4 Å². The Morgan fingerprint density at radius 2 is 2.17 bits per heavy atom. The summed E-state index contributed by atoms with van der Waals surface area (Å²) in [6.45, 7) is 1.04. The molecule has 1 saturated heterocycles. The van der Waals surface area contributed by atoms with Gasteiger partial charge in [0.05, 0.1) is 18.9 Å². The fourth-order valence-corrected chi connectivity index (χ4v) is 2.67. The zero-order valence-corrected chi connectivity index (χ0v) is 13.2. The number of carbonyl (C=O) groups is 2. The van der Waals surface area contributed by atoms with Crippen LogP contribution in [0.1, 0.15) is 10.4 Å². The Morgan fingerprint density at radius 3 is 2.92 bits per heavy atom. The second kappa shape index (κ2) is 6.71. The van der Waals surface area contributed by atoms with Gasteiger partial charge < -0.3 is 20.1 Å². The van der Waals surface area contributed by atoms with E-state index in [9.17, 15) is 9.59 Å². The topological polar surface area (TPSA) is 96.7 Å². The van der Waals surface area contributed by atoms with E-state index in [4.69, 9.17) is 9.84 Å². The van der Waals surface area contributed by atoms with E-state index in [1.165, 1.54) is 11.1 Å². The first-order chi connectivity index (χ1) is 11.6. The van der Waals surface area contributed by atoms with E-state index in [1.54, 1.807) is 18.0 Å². The van der Waals surface area contributed by atoms with E-state index in [0.29, 0.717) is 24.4 Å². The third-order valence-corrected chi connectivity index (χ3v) is 3.92. The van der Waals surface area contributed by atoms with Gasteiger partial charge in [0.15, 0.2) is 0 Å². The van der Waals surface area contributed by atoms with Gasteiger partial charge in [-0.3, -0.25) is 9.59 Å². The smallest absolute Gasteiger partial charge is 0.322 e. The molecular weight excluding hydrogens is 312 g/mol. The largest absolute Gasteiger partial charge is 0.494 e. The lowest BCUT2D eigenvalue weighted by molar-refractivity contribution is -0.140. The number of carboxylic acid groups (broad SMARTS) is 1. The summed E-state index contributed by atoms with van der Waals surface area (Å²) >= 11 is 0. The molecule has 2 heterocycles. The predicted octanol–water partition coefficient (Wildman–Crippen LogP) is 0.379. The molecule has 1 aromatic heterocycles. The zero-order chi connectivity index (χ0) is 17.1. The minimum absolute atomic E-state index is 0.133. The number of hydrogen-bond donors (Lipinski definition) is 2. The molecule has 1 fully saturated rings. The molecule has 0 saturated carbocycles. The highest BCUT2D eigenvalue weighted by molar-refractivity contribution is 5.94. The number of amides is 1. The molecule has 0 aliphatic carbocycles. The molecule has 126 valence electrons. The summed E-state index contributed by atoms with van der Waals surface area (Å²) in [6, 6.07) is 6.61. The lowest BCUT2D eigenvalue weighted by atomic mass is 10.2. The van der Waals surface area contributed by atoms with Crippen LogP contribution in [0.2, 0.25) is 0 Å². The highest BCUT2D eigenvalue weighted by atomic mass is 16.5. The van der Waals surface area contributed by atoms with Gasteiger partial charge in [0, 0.05) is 25.8 Å². The van der Waals surface area contributed by atoms with Gasteiger partial charge in [0.2, 0.25) is 0 Å². The molecule has 24 heavy (non-hydrogen) atoms. The number of nitrogens with one attached hydrogen (secondary N) is 1. The summed E-state index contributed by atoms with van der Waals surface area (Å²) in [5.74, 6) is -0.547. The Labute approximate surface area is 138 Å². The van der Waals surface area contributed by atoms with E-state index >= 15 is 0 Å². The number of ether oxygens (including phenoxy) is 1. The molecule has 8 nitrogen and oxygen atoms in total. The summed E-state index contributed by atoms with van der Waals surface area (Å²) < 4.78 is 6.87. The van der Waals surface area contributed by atoms with Crippen LogP contribution in [0.5, 0.6) is 5.75 Å². The Bertz CT molecular complexity index is 758. The fourth-order valence-electron chi connectivity index (χ4n) is 2.67. The van der Waals surface area contributed by atoms with Crippen molar-refractivity contribution in [3.63, 3.8) is 0 Å². The second-order valence-electron chi connectivity index (χ2n) is 5.44. The van der Waals surface area contributed by atoms with Crippen LogP contribution in [0.15, 0.2) is 36.7 Å². The van der Waals surface area contributed by atoms with Gasteiger partial charge in [0.1, 0.15) is 17.5 Å². The monoisotopic (exact) mass is 330 g/mol. The Hall–Kier alpha value is -2.87. The summed E-state index contributed by atoms with van der Waals surface area (Å²) in [5.41, 5.74) is 1.13. The van der Waals surface area contributed by atoms with E-state index in [1.807, 2.05) is 24.3 Å². The third-order valence-electron chi connectivity index (χ3n) is 3.92. The maximum Gasteiger partial charge on any atom is 0.322 e. The highest BCUT2D eigenvalue weighted by Crippen LogP contribution is 2.22. The first kappa shape index (κ1) is 16.0. The molecule has 2 aromatic rings. The summed E-state index contributed by atoms with van der Waals surface area (Å²) in [4.78, 5) is 25.2. The van der Waals surface area contributed by atoms with Crippen LogP contribution in [0.3, 0.4) is 0 Å². The average molecular weight is 330 g/mol. The third kappa shape index (κ3) is 3.09. The minimum atomic E-state index is -0.961.